The number of carbonyl (C=O) groups is 1. The van der Waals surface area contributed by atoms with Crippen LogP contribution < -0.4 is 10.2 Å². The van der Waals surface area contributed by atoms with Crippen LogP contribution >= 0.6 is 0 Å². The number of hydrogen-bond donors (Lipinski definition) is 2. The van der Waals surface area contributed by atoms with Gasteiger partial charge in [0.2, 0.25) is 5.92 Å². The number of para-hydroxylation sites is 1. The van der Waals surface area contributed by atoms with E-state index in [1.165, 1.54) is 7.11 Å². The van der Waals surface area contributed by atoms with Gasteiger partial charge in [-0.25, -0.2) is 13.6 Å². The number of aliphatic imine (C=N–C) groups is 1. The molecule has 0 amide bonds. The number of likely N-dealkylation sites (N-methyl/N-ethyl adjacent to an activating group) is 1. The van der Waals surface area contributed by atoms with Gasteiger partial charge in [0.15, 0.2) is 6.04 Å². The highest BCUT2D eigenvalue weighted by Gasteiger charge is 2.40. The van der Waals surface area contributed by atoms with E-state index in [0.29, 0.717) is 5.71 Å². The maximum absolute atomic E-state index is 13.9. The summed E-state index contributed by atoms with van der Waals surface area (Å²) in [7, 11) is 3.14. The summed E-state index contributed by atoms with van der Waals surface area (Å²) < 4.78 is 32.8. The van der Waals surface area contributed by atoms with Crippen molar-refractivity contribution in [1.82, 2.24) is 5.32 Å². The molecule has 2 N–H and O–H groups in total. The molecule has 36 heavy (non-hydrogen) atoms. The zero-order valence-electron chi connectivity index (χ0n) is 20.9. The lowest BCUT2D eigenvalue weighted by Crippen LogP contribution is -2.46. The first kappa shape index (κ1) is 26.2. The highest BCUT2D eigenvalue weighted by molar-refractivity contribution is 6.16. The summed E-state index contributed by atoms with van der Waals surface area (Å²) >= 11 is 0. The Kier molecular flexibility index (Phi) is 8.36. The molecule has 2 fully saturated rings. The number of carbonyl (C=O) groups excluding carboxylic acids is 1. The number of methoxy groups -OCH3 is 1. The summed E-state index contributed by atoms with van der Waals surface area (Å²) in [4.78, 5) is 19.7. The van der Waals surface area contributed by atoms with E-state index in [4.69, 9.17) is 9.73 Å². The summed E-state index contributed by atoms with van der Waals surface area (Å²) in [6.45, 7) is 0.870. The summed E-state index contributed by atoms with van der Waals surface area (Å²) in [5.41, 5.74) is 2.87. The molecule has 2 aromatic rings. The van der Waals surface area contributed by atoms with Gasteiger partial charge in [0.25, 0.3) is 0 Å². The number of aliphatic hydroxyl groups is 1. The Hall–Kier alpha value is -2.84. The van der Waals surface area contributed by atoms with E-state index in [-0.39, 0.29) is 37.6 Å². The van der Waals surface area contributed by atoms with E-state index >= 15 is 0 Å². The van der Waals surface area contributed by atoms with Gasteiger partial charge in [0, 0.05) is 36.7 Å². The number of rotatable bonds is 8. The number of alkyl halides is 2. The van der Waals surface area contributed by atoms with Crippen molar-refractivity contribution in [3.8, 4) is 0 Å². The fourth-order valence-electron chi connectivity index (χ4n) is 5.24. The Morgan fingerprint density at radius 3 is 2.42 bits per heavy atom. The summed E-state index contributed by atoms with van der Waals surface area (Å²) in [6, 6.07) is 16.2. The number of benzene rings is 2. The topological polar surface area (TPSA) is 74.2 Å². The van der Waals surface area contributed by atoms with E-state index in [9.17, 15) is 18.7 Å². The summed E-state index contributed by atoms with van der Waals surface area (Å²) in [6.07, 6.45) is 1.02. The van der Waals surface area contributed by atoms with E-state index < -0.39 is 24.2 Å². The van der Waals surface area contributed by atoms with Crippen LogP contribution in [0.15, 0.2) is 59.6 Å². The maximum Gasteiger partial charge on any atom is 0.330 e. The van der Waals surface area contributed by atoms with Gasteiger partial charge >= 0.3 is 5.97 Å². The fourth-order valence-corrected chi connectivity index (χ4v) is 5.24. The summed E-state index contributed by atoms with van der Waals surface area (Å²) in [5, 5.41) is 14.4. The smallest absolute Gasteiger partial charge is 0.330 e. The number of ether oxygens (including phenoxy) is 1. The predicted molar refractivity (Wildman–Crippen MR) is 137 cm³/mol. The minimum Gasteiger partial charge on any atom is -0.467 e. The number of hydrogen-bond acceptors (Lipinski definition) is 6. The van der Waals surface area contributed by atoms with Crippen LogP contribution in [0, 0.1) is 5.92 Å². The standard InChI is InChI=1S/C28H35F2N3O3/c1-33(26(34)22-12-8-18-31-22)23-13-7-6-11-21(23)24(19-9-4-3-5-10-19)32-25(27(35)36-2)20-14-16-28(29,30)17-15-20/h3-7,9-11,13,20,22,25-26,31,34H,8,12,14-18H2,1-2H3. The lowest BCUT2D eigenvalue weighted by molar-refractivity contribution is -0.144. The minimum atomic E-state index is -2.71. The Labute approximate surface area is 211 Å². The molecule has 0 bridgehead atoms. The highest BCUT2D eigenvalue weighted by Crippen LogP contribution is 2.39. The first-order valence-corrected chi connectivity index (χ1v) is 12.6. The average Bonchev–Trinajstić information content (AvgIpc) is 3.44. The molecule has 2 aromatic carbocycles. The van der Waals surface area contributed by atoms with Crippen LogP contribution in [0.4, 0.5) is 14.5 Å². The zero-order valence-corrected chi connectivity index (χ0v) is 20.9. The van der Waals surface area contributed by atoms with Crippen molar-refractivity contribution < 1.29 is 23.4 Å². The molecule has 1 saturated carbocycles. The van der Waals surface area contributed by atoms with E-state index in [0.717, 1.165) is 36.2 Å². The SMILES string of the molecule is COC(=O)C(N=C(c1ccccc1)c1ccccc1N(C)C(O)C1CCCN1)C1CCC(F)(F)CC1. The van der Waals surface area contributed by atoms with Crippen molar-refractivity contribution in [3.63, 3.8) is 0 Å². The Morgan fingerprint density at radius 1 is 1.11 bits per heavy atom. The maximum atomic E-state index is 13.9. The monoisotopic (exact) mass is 499 g/mol. The molecule has 0 aromatic heterocycles. The molecule has 3 unspecified atom stereocenters. The van der Waals surface area contributed by atoms with Crippen LogP contribution in [0.3, 0.4) is 0 Å². The van der Waals surface area contributed by atoms with Crippen molar-refractivity contribution in [1.29, 1.82) is 0 Å². The molecular formula is C28H35F2N3O3. The molecule has 1 aliphatic carbocycles. The Morgan fingerprint density at radius 2 is 1.78 bits per heavy atom. The average molecular weight is 500 g/mol. The number of esters is 1. The molecule has 6 nitrogen and oxygen atoms in total. The second-order valence-corrected chi connectivity index (χ2v) is 9.75. The number of nitrogens with zero attached hydrogens (tertiary/aromatic N) is 2. The molecular weight excluding hydrogens is 464 g/mol. The molecule has 3 atom stereocenters. The second kappa shape index (κ2) is 11.5. The van der Waals surface area contributed by atoms with Crippen LogP contribution in [-0.2, 0) is 9.53 Å². The van der Waals surface area contributed by atoms with Gasteiger partial charge < -0.3 is 20.1 Å². The van der Waals surface area contributed by atoms with Crippen LogP contribution in [0.5, 0.6) is 0 Å². The van der Waals surface area contributed by atoms with Crippen molar-refractivity contribution in [2.75, 3.05) is 25.6 Å². The normalized spacial score (nSPS) is 22.1. The third-order valence-corrected chi connectivity index (χ3v) is 7.36. The van der Waals surface area contributed by atoms with Gasteiger partial charge in [-0.3, -0.25) is 4.99 Å². The van der Waals surface area contributed by atoms with E-state index in [2.05, 4.69) is 5.32 Å². The van der Waals surface area contributed by atoms with Gasteiger partial charge in [-0.1, -0.05) is 48.5 Å². The lowest BCUT2D eigenvalue weighted by atomic mass is 9.82. The van der Waals surface area contributed by atoms with Gasteiger partial charge in [-0.15, -0.1) is 0 Å². The van der Waals surface area contributed by atoms with Crippen LogP contribution in [0.25, 0.3) is 0 Å². The quantitative estimate of drug-likeness (QED) is 0.320. The molecule has 4 rings (SSSR count). The number of anilines is 1. The molecule has 8 heteroatoms. The largest absolute Gasteiger partial charge is 0.467 e. The Bertz CT molecular complexity index is 1050. The van der Waals surface area contributed by atoms with Crippen molar-refractivity contribution in [3.05, 3.63) is 65.7 Å². The van der Waals surface area contributed by atoms with Crippen LogP contribution in [-0.4, -0.2) is 61.7 Å². The molecule has 194 valence electrons. The van der Waals surface area contributed by atoms with Gasteiger partial charge in [-0.2, -0.15) is 0 Å². The highest BCUT2D eigenvalue weighted by atomic mass is 19.3. The predicted octanol–water partition coefficient (Wildman–Crippen LogP) is 4.40. The van der Waals surface area contributed by atoms with Gasteiger partial charge in [0.05, 0.1) is 18.9 Å². The van der Waals surface area contributed by atoms with Crippen LogP contribution in [0.2, 0.25) is 0 Å². The van der Waals surface area contributed by atoms with E-state index in [1.54, 1.807) is 0 Å². The number of nitrogens with one attached hydrogen (secondary N) is 1. The lowest BCUT2D eigenvalue weighted by Gasteiger charge is -2.33. The summed E-state index contributed by atoms with van der Waals surface area (Å²) in [5.74, 6) is -3.57. The van der Waals surface area contributed by atoms with Gasteiger partial charge in [0.1, 0.15) is 6.23 Å². The number of halogens is 2. The van der Waals surface area contributed by atoms with Crippen LogP contribution in [0.1, 0.15) is 49.7 Å². The van der Waals surface area contributed by atoms with Crippen molar-refractivity contribution >= 4 is 17.4 Å². The third-order valence-electron chi connectivity index (χ3n) is 7.36. The molecule has 1 heterocycles. The third kappa shape index (κ3) is 5.93. The molecule has 1 saturated heterocycles. The van der Waals surface area contributed by atoms with Crippen molar-refractivity contribution in [2.24, 2.45) is 10.9 Å². The Balaban J connectivity index is 1.77. The first-order chi connectivity index (χ1) is 17.3. The molecule has 0 spiro atoms. The van der Waals surface area contributed by atoms with Crippen molar-refractivity contribution in [2.45, 2.75) is 62.8 Å². The molecule has 2 aliphatic rings. The van der Waals surface area contributed by atoms with E-state index in [1.807, 2.05) is 66.5 Å². The number of aliphatic hydroxyl groups excluding tert-OH is 1. The zero-order chi connectivity index (χ0) is 25.7. The molecule has 1 aliphatic heterocycles. The second-order valence-electron chi connectivity index (χ2n) is 9.75. The minimum absolute atomic E-state index is 0.0492. The fraction of sp³-hybridized carbons (Fsp3) is 0.500. The van der Waals surface area contributed by atoms with Gasteiger partial charge in [-0.05, 0) is 44.2 Å². The first-order valence-electron chi connectivity index (χ1n) is 12.6. The molecule has 0 radical (unpaired) electrons.